The Hall–Kier alpha value is -2.23. The van der Waals surface area contributed by atoms with Gasteiger partial charge in [-0.25, -0.2) is 8.78 Å². The first-order valence-corrected chi connectivity index (χ1v) is 5.58. The molecule has 4 heteroatoms. The van der Waals surface area contributed by atoms with Crippen molar-refractivity contribution >= 4 is 10.9 Å². The van der Waals surface area contributed by atoms with Crippen LogP contribution in [0.25, 0.3) is 10.9 Å². The molecule has 0 radical (unpaired) electrons. The van der Waals surface area contributed by atoms with E-state index < -0.39 is 0 Å². The van der Waals surface area contributed by atoms with E-state index in [0.29, 0.717) is 17.5 Å². The first kappa shape index (κ1) is 10.9. The summed E-state index contributed by atoms with van der Waals surface area (Å²) in [6, 6.07) is 11.0. The highest BCUT2D eigenvalue weighted by Gasteiger charge is 2.06. The van der Waals surface area contributed by atoms with E-state index in [2.05, 4.69) is 5.10 Å². The molecule has 0 saturated carbocycles. The fraction of sp³-hybridized carbons (Fsp3) is 0.0714. The second-order valence-corrected chi connectivity index (χ2v) is 4.10. The third-order valence-corrected chi connectivity index (χ3v) is 2.88. The summed E-state index contributed by atoms with van der Waals surface area (Å²) in [5, 5.41) is 4.87. The van der Waals surface area contributed by atoms with Crippen molar-refractivity contribution in [3.63, 3.8) is 0 Å². The summed E-state index contributed by atoms with van der Waals surface area (Å²) >= 11 is 0. The van der Waals surface area contributed by atoms with Gasteiger partial charge in [0.25, 0.3) is 0 Å². The van der Waals surface area contributed by atoms with Crippen LogP contribution in [0.15, 0.2) is 48.7 Å². The van der Waals surface area contributed by atoms with Crippen LogP contribution in [0.1, 0.15) is 5.56 Å². The Balaban J connectivity index is 2.03. The van der Waals surface area contributed by atoms with Gasteiger partial charge in [-0.15, -0.1) is 0 Å². The normalized spacial score (nSPS) is 11.0. The van der Waals surface area contributed by atoms with Crippen LogP contribution in [-0.4, -0.2) is 9.78 Å². The monoisotopic (exact) mass is 244 g/mol. The van der Waals surface area contributed by atoms with Crippen molar-refractivity contribution in [2.45, 2.75) is 6.54 Å². The lowest BCUT2D eigenvalue weighted by molar-refractivity contribution is 0.590. The molecule has 3 rings (SSSR count). The molecule has 18 heavy (non-hydrogen) atoms. The van der Waals surface area contributed by atoms with Crippen LogP contribution >= 0.6 is 0 Å². The Morgan fingerprint density at radius 3 is 2.72 bits per heavy atom. The molecule has 1 aromatic heterocycles. The molecule has 3 aromatic rings. The van der Waals surface area contributed by atoms with Crippen molar-refractivity contribution in [3.05, 3.63) is 65.9 Å². The van der Waals surface area contributed by atoms with E-state index in [1.807, 2.05) is 0 Å². The molecule has 0 aliphatic heterocycles. The Morgan fingerprint density at radius 2 is 1.89 bits per heavy atom. The zero-order chi connectivity index (χ0) is 12.5. The van der Waals surface area contributed by atoms with Gasteiger partial charge in [-0.3, -0.25) is 4.68 Å². The lowest BCUT2D eigenvalue weighted by atomic mass is 10.2. The number of rotatable bonds is 2. The summed E-state index contributed by atoms with van der Waals surface area (Å²) < 4.78 is 28.2. The number of hydrogen-bond donors (Lipinski definition) is 0. The summed E-state index contributed by atoms with van der Waals surface area (Å²) in [6.07, 6.45) is 1.58. The van der Waals surface area contributed by atoms with Gasteiger partial charge in [0.1, 0.15) is 11.6 Å². The average Bonchev–Trinajstić information content (AvgIpc) is 2.74. The number of benzene rings is 2. The van der Waals surface area contributed by atoms with Crippen molar-refractivity contribution < 1.29 is 8.78 Å². The zero-order valence-electron chi connectivity index (χ0n) is 9.48. The predicted octanol–water partition coefficient (Wildman–Crippen LogP) is 3.36. The highest BCUT2D eigenvalue weighted by atomic mass is 19.1. The van der Waals surface area contributed by atoms with E-state index >= 15 is 0 Å². The largest absolute Gasteiger partial charge is 0.260 e. The van der Waals surface area contributed by atoms with Crippen LogP contribution in [-0.2, 0) is 6.54 Å². The van der Waals surface area contributed by atoms with E-state index in [4.69, 9.17) is 0 Å². The molecule has 2 aromatic carbocycles. The molecule has 90 valence electrons. The number of nitrogens with zero attached hydrogens (tertiary/aromatic N) is 2. The van der Waals surface area contributed by atoms with Crippen LogP contribution < -0.4 is 0 Å². The highest BCUT2D eigenvalue weighted by Crippen LogP contribution is 2.17. The number of hydrogen-bond acceptors (Lipinski definition) is 1. The molecule has 0 spiro atoms. The highest BCUT2D eigenvalue weighted by molar-refractivity contribution is 5.78. The summed E-state index contributed by atoms with van der Waals surface area (Å²) in [5.41, 5.74) is 1.35. The first-order valence-electron chi connectivity index (χ1n) is 5.58. The molecule has 0 fully saturated rings. The second-order valence-electron chi connectivity index (χ2n) is 4.10. The Kier molecular flexibility index (Phi) is 2.55. The van der Waals surface area contributed by atoms with E-state index in [1.54, 1.807) is 35.1 Å². The Labute approximate surface area is 102 Å². The summed E-state index contributed by atoms with van der Waals surface area (Å²) in [7, 11) is 0. The van der Waals surface area contributed by atoms with E-state index in [0.717, 1.165) is 5.52 Å². The third-order valence-electron chi connectivity index (χ3n) is 2.88. The molecule has 0 unspecified atom stereocenters. The van der Waals surface area contributed by atoms with Gasteiger partial charge in [-0.2, -0.15) is 5.10 Å². The van der Waals surface area contributed by atoms with Crippen molar-refractivity contribution in [3.8, 4) is 0 Å². The Morgan fingerprint density at radius 1 is 1.06 bits per heavy atom. The minimum absolute atomic E-state index is 0.261. The van der Waals surface area contributed by atoms with Crippen LogP contribution in [0.3, 0.4) is 0 Å². The molecule has 2 nitrogen and oxygen atoms in total. The predicted molar refractivity (Wildman–Crippen MR) is 65.2 cm³/mol. The van der Waals surface area contributed by atoms with Crippen molar-refractivity contribution in [2.75, 3.05) is 0 Å². The topological polar surface area (TPSA) is 17.8 Å². The van der Waals surface area contributed by atoms with Gasteiger partial charge >= 0.3 is 0 Å². The first-order chi connectivity index (χ1) is 8.74. The van der Waals surface area contributed by atoms with Gasteiger partial charge < -0.3 is 0 Å². The third kappa shape index (κ3) is 1.86. The molecular weight excluding hydrogens is 234 g/mol. The van der Waals surface area contributed by atoms with Gasteiger partial charge in [0.05, 0.1) is 18.3 Å². The standard InChI is InChI=1S/C14H10F2N2/c15-12-5-6-14-11(7-12)8-17-18(14)9-10-3-1-2-4-13(10)16/h1-8H,9H2. The molecule has 0 bridgehead atoms. The molecule has 0 atom stereocenters. The van der Waals surface area contributed by atoms with Crippen LogP contribution in [0.4, 0.5) is 8.78 Å². The molecule has 0 N–H and O–H groups in total. The second kappa shape index (κ2) is 4.22. The minimum atomic E-state index is -0.298. The molecule has 0 amide bonds. The number of halogens is 2. The number of aromatic nitrogens is 2. The van der Waals surface area contributed by atoms with E-state index in [9.17, 15) is 8.78 Å². The summed E-state index contributed by atoms with van der Waals surface area (Å²) in [6.45, 7) is 0.335. The van der Waals surface area contributed by atoms with Crippen molar-refractivity contribution in [2.24, 2.45) is 0 Å². The van der Waals surface area contributed by atoms with Crippen LogP contribution in [0, 0.1) is 11.6 Å². The molecular formula is C14H10F2N2. The van der Waals surface area contributed by atoms with Crippen molar-refractivity contribution in [1.82, 2.24) is 9.78 Å². The number of fused-ring (bicyclic) bond motifs is 1. The van der Waals surface area contributed by atoms with Gasteiger partial charge in [0, 0.05) is 10.9 Å². The smallest absolute Gasteiger partial charge is 0.128 e. The van der Waals surface area contributed by atoms with E-state index in [1.165, 1.54) is 18.2 Å². The molecule has 0 saturated heterocycles. The molecule has 1 heterocycles. The van der Waals surface area contributed by atoms with Gasteiger partial charge in [-0.05, 0) is 24.3 Å². The fourth-order valence-electron chi connectivity index (χ4n) is 1.97. The maximum atomic E-state index is 13.5. The lowest BCUT2D eigenvalue weighted by Gasteiger charge is -2.05. The average molecular weight is 244 g/mol. The van der Waals surface area contributed by atoms with Gasteiger partial charge in [-0.1, -0.05) is 18.2 Å². The SMILES string of the molecule is Fc1ccc2c(cnn2Cc2ccccc2F)c1. The fourth-order valence-corrected chi connectivity index (χ4v) is 1.97. The van der Waals surface area contributed by atoms with Gasteiger partial charge in [0.15, 0.2) is 0 Å². The van der Waals surface area contributed by atoms with Crippen LogP contribution in [0.2, 0.25) is 0 Å². The summed E-state index contributed by atoms with van der Waals surface area (Å²) in [5.74, 6) is -0.559. The minimum Gasteiger partial charge on any atom is -0.260 e. The zero-order valence-corrected chi connectivity index (χ0v) is 9.48. The quantitative estimate of drug-likeness (QED) is 0.675. The summed E-state index contributed by atoms with van der Waals surface area (Å²) in [4.78, 5) is 0. The Bertz CT molecular complexity index is 704. The lowest BCUT2D eigenvalue weighted by Crippen LogP contribution is -2.03. The molecule has 0 aliphatic carbocycles. The van der Waals surface area contributed by atoms with Crippen LogP contribution in [0.5, 0.6) is 0 Å². The van der Waals surface area contributed by atoms with Crippen molar-refractivity contribution in [1.29, 1.82) is 0 Å². The maximum Gasteiger partial charge on any atom is 0.128 e. The van der Waals surface area contributed by atoms with Gasteiger partial charge in [0.2, 0.25) is 0 Å². The molecule has 0 aliphatic rings. The maximum absolute atomic E-state index is 13.5. The van der Waals surface area contributed by atoms with E-state index in [-0.39, 0.29) is 11.6 Å².